The van der Waals surface area contributed by atoms with Crippen LogP contribution in [0.25, 0.3) is 0 Å². The number of aliphatic hydroxyl groups is 1. The molecule has 2 heterocycles. The van der Waals surface area contributed by atoms with Crippen LogP contribution in [-0.2, 0) is 45.2 Å². The first-order valence-electron chi connectivity index (χ1n) is 19.0. The van der Waals surface area contributed by atoms with Gasteiger partial charge in [0, 0.05) is 38.7 Å². The molecule has 312 valence electrons. The number of thiazole rings is 1. The predicted molar refractivity (Wildman–Crippen MR) is 217 cm³/mol. The highest BCUT2D eigenvalue weighted by Crippen LogP contribution is 2.29. The van der Waals surface area contributed by atoms with Crippen LogP contribution in [0.4, 0.5) is 9.59 Å². The summed E-state index contributed by atoms with van der Waals surface area (Å²) in [7, 11) is 4.40. The molecule has 0 saturated carbocycles. The summed E-state index contributed by atoms with van der Waals surface area (Å²) in [6.45, 7) is 12.7. The molecule has 0 aliphatic carbocycles. The van der Waals surface area contributed by atoms with Gasteiger partial charge >= 0.3 is 12.1 Å². The van der Waals surface area contributed by atoms with Crippen molar-refractivity contribution in [3.8, 4) is 5.75 Å². The molecule has 4 N–H and O–H groups in total. The lowest BCUT2D eigenvalue weighted by atomic mass is 9.84. The second-order valence-corrected chi connectivity index (χ2v) is 17.3. The lowest BCUT2D eigenvalue weighted by Crippen LogP contribution is -2.61. The number of urea groups is 1. The second-order valence-electron chi connectivity index (χ2n) is 16.3. The summed E-state index contributed by atoms with van der Waals surface area (Å²) in [5.74, 6) is -0.272. The van der Waals surface area contributed by atoms with Crippen molar-refractivity contribution < 1.29 is 38.5 Å². The van der Waals surface area contributed by atoms with E-state index in [9.17, 15) is 24.3 Å². The highest BCUT2D eigenvalue weighted by atomic mass is 32.1. The molecular formula is C41H59N7O8S. The van der Waals surface area contributed by atoms with E-state index in [1.165, 1.54) is 18.4 Å². The highest BCUT2D eigenvalue weighted by molar-refractivity contribution is 7.09. The molecule has 0 spiro atoms. The minimum Gasteiger partial charge on any atom is -0.497 e. The zero-order chi connectivity index (χ0) is 41.9. The predicted octanol–water partition coefficient (Wildman–Crippen LogP) is 4.34. The van der Waals surface area contributed by atoms with E-state index >= 15 is 0 Å². The number of hydrogen-bond donors (Lipinski definition) is 4. The normalized spacial score (nSPS) is 15.5. The monoisotopic (exact) mass is 809 g/mol. The van der Waals surface area contributed by atoms with E-state index in [0.717, 1.165) is 21.8 Å². The van der Waals surface area contributed by atoms with E-state index in [0.29, 0.717) is 32.0 Å². The molecule has 1 aromatic heterocycles. The first kappa shape index (κ1) is 44.9. The molecular weight excluding hydrogens is 751 g/mol. The van der Waals surface area contributed by atoms with Gasteiger partial charge in [0.1, 0.15) is 22.8 Å². The van der Waals surface area contributed by atoms with Crippen molar-refractivity contribution in [1.82, 2.24) is 35.9 Å². The number of amides is 5. The number of nitrogens with zero attached hydrogens (tertiary/aromatic N) is 4. The van der Waals surface area contributed by atoms with E-state index in [1.807, 2.05) is 89.4 Å². The second kappa shape index (κ2) is 20.1. The van der Waals surface area contributed by atoms with Gasteiger partial charge in [-0.25, -0.2) is 19.6 Å². The van der Waals surface area contributed by atoms with Gasteiger partial charge in [-0.1, -0.05) is 84.0 Å². The Morgan fingerprint density at radius 1 is 0.912 bits per heavy atom. The zero-order valence-corrected chi connectivity index (χ0v) is 35.4. The van der Waals surface area contributed by atoms with Gasteiger partial charge in [0.05, 0.1) is 45.2 Å². The van der Waals surface area contributed by atoms with Gasteiger partial charge in [0.15, 0.2) is 0 Å². The first-order chi connectivity index (χ1) is 26.9. The number of rotatable bonds is 18. The van der Waals surface area contributed by atoms with Crippen molar-refractivity contribution in [3.05, 3.63) is 81.8 Å². The molecule has 16 heteroatoms. The topological polar surface area (TPSA) is 175 Å². The van der Waals surface area contributed by atoms with E-state index in [1.54, 1.807) is 41.2 Å². The summed E-state index contributed by atoms with van der Waals surface area (Å²) in [6.07, 6.45) is -1.71. The number of hydrazine groups is 1. The smallest absolute Gasteiger partial charge is 0.407 e. The van der Waals surface area contributed by atoms with Crippen LogP contribution < -0.4 is 20.8 Å². The molecule has 15 nitrogen and oxygen atoms in total. The maximum Gasteiger partial charge on any atom is 0.407 e. The number of carbonyl (C=O) groups excluding carboxylic acids is 4. The molecule has 57 heavy (non-hydrogen) atoms. The van der Waals surface area contributed by atoms with Crippen LogP contribution in [0.5, 0.6) is 5.75 Å². The number of carbonyl (C=O) groups is 4. The number of aliphatic hydroxyl groups excluding tert-OH is 1. The van der Waals surface area contributed by atoms with Crippen LogP contribution in [0.3, 0.4) is 0 Å². The number of methoxy groups -OCH3 is 3. The van der Waals surface area contributed by atoms with E-state index in [-0.39, 0.29) is 25.5 Å². The van der Waals surface area contributed by atoms with E-state index in [4.69, 9.17) is 14.2 Å². The standard InChI is InChI=1S/C41H59N7O8S/c1-40(2,3)34(44-38(52)56-9)36(50)45-47(22-28-15-17-30(55-8)18-16-28)24-32(49)31(21-27-13-11-10-12-14-27)43-37(51)35(41(4,5)6)48-20-19-46(39(48)53)23-29-26-57-33(42-29)25-54-7/h10-18,26,31-32,34-35,49H,19-25H2,1-9H3,(H,43,51)(H,44,52)(H,45,50)/t31-,32-,34+,35+/m0/s1. The molecule has 1 aliphatic heterocycles. The molecule has 4 rings (SSSR count). The van der Waals surface area contributed by atoms with Crippen LogP contribution in [0.2, 0.25) is 0 Å². The van der Waals surface area contributed by atoms with Crippen molar-refractivity contribution in [1.29, 1.82) is 0 Å². The summed E-state index contributed by atoms with van der Waals surface area (Å²) in [4.78, 5) is 62.4. The quantitative estimate of drug-likeness (QED) is 0.135. The summed E-state index contributed by atoms with van der Waals surface area (Å²) < 4.78 is 15.3. The Hall–Kier alpha value is -4.77. The largest absolute Gasteiger partial charge is 0.497 e. The molecule has 4 atom stereocenters. The number of benzene rings is 2. The van der Waals surface area contributed by atoms with Crippen LogP contribution >= 0.6 is 11.3 Å². The molecule has 0 unspecified atom stereocenters. The third-order valence-electron chi connectivity index (χ3n) is 9.60. The molecule has 2 aromatic carbocycles. The lowest BCUT2D eigenvalue weighted by Gasteiger charge is -2.38. The SMILES string of the molecule is COCc1nc(CN2CCN([C@H](C(=O)N[C@@H](Cc3ccccc3)[C@@H](O)CN(Cc3ccc(OC)cc3)NC(=O)[C@@H](NC(=O)OC)C(C)(C)C)C(C)(C)C)C2=O)cs1. The molecule has 1 fully saturated rings. The van der Waals surface area contributed by atoms with Gasteiger partial charge < -0.3 is 39.8 Å². The van der Waals surface area contributed by atoms with E-state index in [2.05, 4.69) is 21.0 Å². The van der Waals surface area contributed by atoms with Gasteiger partial charge in [-0.3, -0.25) is 15.0 Å². The van der Waals surface area contributed by atoms with Gasteiger partial charge in [-0.05, 0) is 40.5 Å². The Morgan fingerprint density at radius 2 is 1.60 bits per heavy atom. The first-order valence-corrected chi connectivity index (χ1v) is 19.8. The number of aromatic nitrogens is 1. The number of hydrogen-bond acceptors (Lipinski definition) is 11. The Balaban J connectivity index is 1.60. The zero-order valence-electron chi connectivity index (χ0n) is 34.5. The summed E-state index contributed by atoms with van der Waals surface area (Å²) in [5, 5.41) is 22.1. The lowest BCUT2D eigenvalue weighted by molar-refractivity contribution is -0.133. The van der Waals surface area contributed by atoms with Crippen LogP contribution in [0, 0.1) is 10.8 Å². The number of ether oxygens (including phenoxy) is 3. The van der Waals surface area contributed by atoms with Gasteiger partial charge in [-0.15, -0.1) is 11.3 Å². The fraction of sp³-hybridized carbons (Fsp3) is 0.537. The molecule has 0 radical (unpaired) electrons. The third kappa shape index (κ3) is 12.9. The minimum atomic E-state index is -1.22. The summed E-state index contributed by atoms with van der Waals surface area (Å²) in [6, 6.07) is 13.8. The minimum absolute atomic E-state index is 0.111. The van der Waals surface area contributed by atoms with Crippen molar-refractivity contribution in [2.24, 2.45) is 10.8 Å². The fourth-order valence-corrected chi connectivity index (χ4v) is 7.49. The Kier molecular flexibility index (Phi) is 15.8. The summed E-state index contributed by atoms with van der Waals surface area (Å²) in [5.41, 5.74) is 3.97. The van der Waals surface area contributed by atoms with Crippen molar-refractivity contribution in [2.45, 2.75) is 91.9 Å². The van der Waals surface area contributed by atoms with Crippen molar-refractivity contribution >= 4 is 35.3 Å². The van der Waals surface area contributed by atoms with E-state index < -0.39 is 53.0 Å². The van der Waals surface area contributed by atoms with Gasteiger partial charge in [0.25, 0.3) is 5.91 Å². The Bertz CT molecular complexity index is 1780. The molecule has 1 aliphatic rings. The molecule has 1 saturated heterocycles. The van der Waals surface area contributed by atoms with Crippen molar-refractivity contribution in [3.63, 3.8) is 0 Å². The third-order valence-corrected chi connectivity index (χ3v) is 10.5. The Labute approximate surface area is 340 Å². The molecule has 0 bridgehead atoms. The maximum absolute atomic E-state index is 14.5. The molecule has 5 amide bonds. The average molecular weight is 810 g/mol. The van der Waals surface area contributed by atoms with Crippen LogP contribution in [0.1, 0.15) is 63.4 Å². The molecule has 3 aromatic rings. The maximum atomic E-state index is 14.5. The average Bonchev–Trinajstić information content (AvgIpc) is 3.75. The fourth-order valence-electron chi connectivity index (χ4n) is 6.74. The van der Waals surface area contributed by atoms with Gasteiger partial charge in [0.2, 0.25) is 5.91 Å². The van der Waals surface area contributed by atoms with Crippen LogP contribution in [-0.4, -0.2) is 114 Å². The number of nitrogens with one attached hydrogen (secondary N) is 3. The number of alkyl carbamates (subject to hydrolysis) is 1. The van der Waals surface area contributed by atoms with Crippen molar-refractivity contribution in [2.75, 3.05) is 41.0 Å². The highest BCUT2D eigenvalue weighted by Gasteiger charge is 2.44. The summed E-state index contributed by atoms with van der Waals surface area (Å²) >= 11 is 1.47. The Morgan fingerprint density at radius 3 is 2.19 bits per heavy atom. The van der Waals surface area contributed by atoms with Crippen LogP contribution in [0.15, 0.2) is 60.0 Å². The van der Waals surface area contributed by atoms with Gasteiger partial charge in [-0.2, -0.15) is 0 Å².